The quantitative estimate of drug-likeness (QED) is 0.253. The second kappa shape index (κ2) is 9.21. The monoisotopic (exact) mass is 490 g/mol. The summed E-state index contributed by atoms with van der Waals surface area (Å²) in [5.41, 5.74) is 9.19. The van der Waals surface area contributed by atoms with Crippen LogP contribution in [0.2, 0.25) is 0 Å². The van der Waals surface area contributed by atoms with E-state index in [2.05, 4.69) is 96.3 Å². The first kappa shape index (κ1) is 17.6. The molecule has 0 radical (unpaired) electrons. The largest absolute Gasteiger partial charge is 0.355 e. The van der Waals surface area contributed by atoms with Crippen molar-refractivity contribution in [1.82, 2.24) is 0 Å². The third-order valence-corrected chi connectivity index (χ3v) is 7.44. The lowest BCUT2D eigenvalue weighted by Crippen LogP contribution is -2.29. The van der Waals surface area contributed by atoms with Crippen molar-refractivity contribution in [3.05, 3.63) is 180 Å². The molecular weight excluding hydrogens is 458 g/mol. The molecule has 38 heavy (non-hydrogen) atoms. The van der Waals surface area contributed by atoms with Crippen LogP contribution in [0, 0.1) is 0 Å². The molecular formula is C37H27N. The van der Waals surface area contributed by atoms with Crippen LogP contribution in [-0.4, -0.2) is 0 Å². The van der Waals surface area contributed by atoms with Gasteiger partial charge in [0, 0.05) is 11.4 Å². The van der Waals surface area contributed by atoms with Gasteiger partial charge in [-0.25, -0.2) is 0 Å². The highest BCUT2D eigenvalue weighted by atomic mass is 14.9. The van der Waals surface area contributed by atoms with E-state index in [1.54, 1.807) is 12.1 Å². The van der Waals surface area contributed by atoms with Gasteiger partial charge in [-0.05, 0) is 62.7 Å². The molecule has 0 spiro atoms. The Bertz CT molecular complexity index is 1930. The predicted octanol–water partition coefficient (Wildman–Crippen LogP) is 9.46. The summed E-state index contributed by atoms with van der Waals surface area (Å²) in [6, 6.07) is 42.2. The van der Waals surface area contributed by atoms with Crippen molar-refractivity contribution in [2.75, 3.05) is 5.32 Å². The summed E-state index contributed by atoms with van der Waals surface area (Å²) in [6.07, 6.45) is 0. The smallest absolute Gasteiger partial charge is 0.0733 e. The van der Waals surface area contributed by atoms with Crippen LogP contribution in [0.1, 0.15) is 29.1 Å². The second-order valence-corrected chi connectivity index (χ2v) is 9.46. The molecule has 0 unspecified atom stereocenters. The van der Waals surface area contributed by atoms with Gasteiger partial charge in [-0.15, -0.1) is 0 Å². The van der Waals surface area contributed by atoms with Crippen LogP contribution in [0.25, 0.3) is 22.3 Å². The Balaban J connectivity index is 1.37. The minimum Gasteiger partial charge on any atom is -0.355 e. The number of anilines is 2. The van der Waals surface area contributed by atoms with E-state index in [9.17, 15) is 0 Å². The lowest BCUT2D eigenvalue weighted by molar-refractivity contribution is 0.771. The number of benzene rings is 6. The molecule has 7 rings (SSSR count). The van der Waals surface area contributed by atoms with E-state index in [1.807, 2.05) is 24.3 Å². The highest BCUT2D eigenvalue weighted by Gasteiger charge is 2.46. The fraction of sp³-hybridized carbons (Fsp3) is 0.0270. The average molecular weight is 491 g/mol. The van der Waals surface area contributed by atoms with Gasteiger partial charge in [0.15, 0.2) is 0 Å². The first-order valence-electron chi connectivity index (χ1n) is 15.2. The lowest BCUT2D eigenvalue weighted by atomic mass is 9.67. The fourth-order valence-corrected chi connectivity index (χ4v) is 5.87. The molecule has 1 aliphatic rings. The Morgan fingerprint density at radius 3 is 1.68 bits per heavy atom. The van der Waals surface area contributed by atoms with Crippen LogP contribution >= 0.6 is 0 Å². The summed E-state index contributed by atoms with van der Waals surface area (Å²) in [5.74, 6) is 0. The third-order valence-electron chi connectivity index (χ3n) is 7.44. The van der Waals surface area contributed by atoms with E-state index in [0.717, 1.165) is 16.9 Å². The molecule has 1 heteroatoms. The van der Waals surface area contributed by atoms with E-state index in [4.69, 9.17) is 6.85 Å². The van der Waals surface area contributed by atoms with E-state index < -0.39 is 11.5 Å². The molecule has 0 saturated carbocycles. The van der Waals surface area contributed by atoms with Crippen LogP contribution in [-0.2, 0) is 5.41 Å². The van der Waals surface area contributed by atoms with Crippen LogP contribution in [0.3, 0.4) is 0 Å². The third kappa shape index (κ3) is 3.48. The number of hydrogen-bond donors (Lipinski definition) is 1. The van der Waals surface area contributed by atoms with Gasteiger partial charge in [0.05, 0.1) is 12.3 Å². The number of para-hydroxylation sites is 1. The summed E-state index contributed by atoms with van der Waals surface area (Å²) in [5, 5.41) is 3.65. The molecule has 0 bridgehead atoms. The first-order valence-corrected chi connectivity index (χ1v) is 12.7. The van der Waals surface area contributed by atoms with E-state index in [1.165, 1.54) is 27.8 Å². The normalized spacial score (nSPS) is 14.8. The zero-order valence-corrected chi connectivity index (χ0v) is 20.6. The zero-order chi connectivity index (χ0) is 29.7. The van der Waals surface area contributed by atoms with Crippen LogP contribution in [0.4, 0.5) is 11.4 Å². The molecule has 0 saturated heterocycles. The highest BCUT2D eigenvalue weighted by molar-refractivity contribution is 5.88. The lowest BCUT2D eigenvalue weighted by Gasteiger charge is -2.35. The SMILES string of the molecule is [2H]c1c([2H])c([2H])c(-c2ccc(Nc3ccccc3C3(c4ccccc4)c4ccccc4-c4ccccc43)cc2)c([2H])c1[2H]. The van der Waals surface area contributed by atoms with Crippen LogP contribution in [0.15, 0.2) is 158 Å². The standard InChI is InChI=1S/C37H27N/c1-3-13-27(14-4-1)28-23-25-30(26-24-28)38-36-22-12-11-21-35(36)37(29-15-5-2-6-16-29)33-19-9-7-17-31(33)32-18-8-10-20-34(32)37/h1-26,38H/i1D,3D,4D,13D,14D. The molecule has 0 aromatic heterocycles. The Hall–Kier alpha value is -4.88. The van der Waals surface area contributed by atoms with Crippen molar-refractivity contribution in [3.8, 4) is 22.3 Å². The molecule has 0 heterocycles. The van der Waals surface area contributed by atoms with Gasteiger partial charge in [-0.3, -0.25) is 0 Å². The van der Waals surface area contributed by atoms with Gasteiger partial charge in [0.2, 0.25) is 0 Å². The molecule has 1 N–H and O–H groups in total. The van der Waals surface area contributed by atoms with Gasteiger partial charge in [0.25, 0.3) is 0 Å². The van der Waals surface area contributed by atoms with Crippen molar-refractivity contribution in [1.29, 1.82) is 0 Å². The van der Waals surface area contributed by atoms with E-state index in [0.29, 0.717) is 5.56 Å². The van der Waals surface area contributed by atoms with Gasteiger partial charge < -0.3 is 5.32 Å². The summed E-state index contributed by atoms with van der Waals surface area (Å²) >= 11 is 0. The fourth-order valence-electron chi connectivity index (χ4n) is 5.87. The Morgan fingerprint density at radius 1 is 0.474 bits per heavy atom. The Morgan fingerprint density at radius 2 is 1.03 bits per heavy atom. The topological polar surface area (TPSA) is 12.0 Å². The van der Waals surface area contributed by atoms with Gasteiger partial charge >= 0.3 is 0 Å². The summed E-state index contributed by atoms with van der Waals surface area (Å²) < 4.78 is 40.7. The summed E-state index contributed by atoms with van der Waals surface area (Å²) in [7, 11) is 0. The maximum Gasteiger partial charge on any atom is 0.0733 e. The first-order chi connectivity index (χ1) is 20.9. The van der Waals surface area contributed by atoms with Crippen LogP contribution < -0.4 is 5.32 Å². The van der Waals surface area contributed by atoms with Crippen molar-refractivity contribution in [2.45, 2.75) is 5.41 Å². The minimum absolute atomic E-state index is 0.195. The van der Waals surface area contributed by atoms with Crippen molar-refractivity contribution >= 4 is 11.4 Å². The highest BCUT2D eigenvalue weighted by Crippen LogP contribution is 2.57. The van der Waals surface area contributed by atoms with E-state index >= 15 is 0 Å². The van der Waals surface area contributed by atoms with Crippen LogP contribution in [0.5, 0.6) is 0 Å². The average Bonchev–Trinajstić information content (AvgIpc) is 3.35. The zero-order valence-electron chi connectivity index (χ0n) is 25.6. The molecule has 1 aliphatic carbocycles. The van der Waals surface area contributed by atoms with Crippen molar-refractivity contribution in [2.24, 2.45) is 0 Å². The summed E-state index contributed by atoms with van der Waals surface area (Å²) in [6.45, 7) is 0. The molecule has 6 aromatic rings. The van der Waals surface area contributed by atoms with E-state index in [-0.39, 0.29) is 29.7 Å². The van der Waals surface area contributed by atoms with Gasteiger partial charge in [-0.2, -0.15) is 0 Å². The van der Waals surface area contributed by atoms with Crippen molar-refractivity contribution < 1.29 is 6.85 Å². The second-order valence-electron chi connectivity index (χ2n) is 9.46. The molecule has 6 aromatic carbocycles. The number of rotatable bonds is 5. The Kier molecular flexibility index (Phi) is 4.25. The molecule has 0 atom stereocenters. The molecule has 0 aliphatic heterocycles. The summed E-state index contributed by atoms with van der Waals surface area (Å²) in [4.78, 5) is 0. The molecule has 0 amide bonds. The molecule has 0 fully saturated rings. The predicted molar refractivity (Wildman–Crippen MR) is 159 cm³/mol. The molecule has 1 nitrogen and oxygen atoms in total. The van der Waals surface area contributed by atoms with Crippen molar-refractivity contribution in [3.63, 3.8) is 0 Å². The maximum absolute atomic E-state index is 8.36. The number of fused-ring (bicyclic) bond motifs is 3. The number of nitrogens with one attached hydrogen (secondary N) is 1. The van der Waals surface area contributed by atoms with Gasteiger partial charge in [-0.1, -0.05) is 139 Å². The minimum atomic E-state index is -0.550. The Labute approximate surface area is 231 Å². The number of hydrogen-bond acceptors (Lipinski definition) is 1. The van der Waals surface area contributed by atoms with Gasteiger partial charge in [0.1, 0.15) is 0 Å². The molecule has 180 valence electrons. The maximum atomic E-state index is 8.36.